The van der Waals surface area contributed by atoms with E-state index < -0.39 is 11.8 Å². The van der Waals surface area contributed by atoms with Gasteiger partial charge in [0.05, 0.1) is 12.3 Å². The van der Waals surface area contributed by atoms with Gasteiger partial charge in [0.2, 0.25) is 0 Å². The Balaban J connectivity index is 3.14. The zero-order valence-corrected chi connectivity index (χ0v) is 9.10. The third-order valence-corrected chi connectivity index (χ3v) is 2.02. The average Bonchev–Trinajstić information content (AvgIpc) is 2.01. The van der Waals surface area contributed by atoms with Gasteiger partial charge in [-0.05, 0) is 19.1 Å². The van der Waals surface area contributed by atoms with Crippen LogP contribution in [0.15, 0.2) is 16.6 Å². The number of carbonyl (C=O) groups excluding carboxylic acids is 1. The van der Waals surface area contributed by atoms with E-state index in [2.05, 4.69) is 20.7 Å². The van der Waals surface area contributed by atoms with Crippen molar-refractivity contribution >= 4 is 27.6 Å². The zero-order chi connectivity index (χ0) is 10.7. The van der Waals surface area contributed by atoms with Crippen molar-refractivity contribution in [1.29, 1.82) is 0 Å². The Kier molecular flexibility index (Phi) is 3.46. The van der Waals surface area contributed by atoms with Crippen molar-refractivity contribution in [3.8, 4) is 0 Å². The molecule has 3 nitrogen and oxygen atoms in total. The van der Waals surface area contributed by atoms with Crippen LogP contribution in [-0.2, 0) is 4.74 Å². The highest BCUT2D eigenvalue weighted by Gasteiger charge is 2.17. The van der Waals surface area contributed by atoms with Crippen LogP contribution in [0.25, 0.3) is 0 Å². The van der Waals surface area contributed by atoms with Crippen molar-refractivity contribution in [2.45, 2.75) is 6.92 Å². The van der Waals surface area contributed by atoms with Gasteiger partial charge in [0.15, 0.2) is 0 Å². The molecule has 0 radical (unpaired) electrons. The van der Waals surface area contributed by atoms with Gasteiger partial charge in [-0.15, -0.1) is 0 Å². The second-order valence-electron chi connectivity index (χ2n) is 2.57. The van der Waals surface area contributed by atoms with Crippen LogP contribution in [-0.4, -0.2) is 12.6 Å². The summed E-state index contributed by atoms with van der Waals surface area (Å²) in [7, 11) is 0. The average molecular weight is 262 g/mol. The second kappa shape index (κ2) is 4.41. The predicted molar refractivity (Wildman–Crippen MR) is 54.5 cm³/mol. The Bertz CT molecular complexity index is 345. The number of halogens is 2. The van der Waals surface area contributed by atoms with Gasteiger partial charge in [0.1, 0.15) is 11.4 Å². The lowest BCUT2D eigenvalue weighted by molar-refractivity contribution is 0.0522. The van der Waals surface area contributed by atoms with E-state index in [1.54, 1.807) is 6.92 Å². The third-order valence-electron chi connectivity index (χ3n) is 1.57. The largest absolute Gasteiger partial charge is 0.462 e. The number of esters is 1. The number of rotatable bonds is 2. The van der Waals surface area contributed by atoms with E-state index in [-0.39, 0.29) is 17.9 Å². The molecule has 14 heavy (non-hydrogen) atoms. The fourth-order valence-corrected chi connectivity index (χ4v) is 1.46. The monoisotopic (exact) mass is 261 g/mol. The summed E-state index contributed by atoms with van der Waals surface area (Å²) in [6, 6.07) is 2.62. The van der Waals surface area contributed by atoms with Gasteiger partial charge in [-0.3, -0.25) is 0 Å². The van der Waals surface area contributed by atoms with Crippen molar-refractivity contribution in [2.75, 3.05) is 12.3 Å². The summed E-state index contributed by atoms with van der Waals surface area (Å²) in [6.07, 6.45) is 0. The third kappa shape index (κ3) is 2.23. The first-order valence-corrected chi connectivity index (χ1v) is 4.77. The molecule has 0 aliphatic rings. The highest BCUT2D eigenvalue weighted by atomic mass is 79.9. The van der Waals surface area contributed by atoms with Gasteiger partial charge < -0.3 is 10.5 Å². The molecule has 0 bridgehead atoms. The molecule has 0 unspecified atom stereocenters. The molecule has 0 atom stereocenters. The van der Waals surface area contributed by atoms with Crippen molar-refractivity contribution in [3.05, 3.63) is 28.0 Å². The number of carbonyl (C=O) groups is 1. The maximum absolute atomic E-state index is 13.3. The fourth-order valence-electron chi connectivity index (χ4n) is 1.01. The summed E-state index contributed by atoms with van der Waals surface area (Å²) in [5.41, 5.74) is 5.33. The molecule has 5 heteroatoms. The quantitative estimate of drug-likeness (QED) is 0.657. The summed E-state index contributed by atoms with van der Waals surface area (Å²) >= 11 is 3.06. The molecule has 1 rings (SSSR count). The van der Waals surface area contributed by atoms with Crippen LogP contribution in [0.2, 0.25) is 0 Å². The van der Waals surface area contributed by atoms with Crippen molar-refractivity contribution in [1.82, 2.24) is 0 Å². The summed E-state index contributed by atoms with van der Waals surface area (Å²) in [5.74, 6) is -1.43. The molecule has 0 saturated carbocycles. The molecular weight excluding hydrogens is 253 g/mol. The Labute approximate surface area is 89.2 Å². The first kappa shape index (κ1) is 11.0. The molecule has 0 fully saturated rings. The number of anilines is 1. The molecule has 0 aliphatic carbocycles. The number of ether oxygens (including phenoxy) is 1. The van der Waals surface area contributed by atoms with E-state index in [9.17, 15) is 9.18 Å². The van der Waals surface area contributed by atoms with E-state index in [0.717, 1.165) is 0 Å². The Morgan fingerprint density at radius 3 is 2.79 bits per heavy atom. The van der Waals surface area contributed by atoms with E-state index >= 15 is 0 Å². The lowest BCUT2D eigenvalue weighted by Crippen LogP contribution is -2.10. The van der Waals surface area contributed by atoms with Crippen LogP contribution in [0, 0.1) is 5.82 Å². The number of nitrogen functional groups attached to an aromatic ring is 1. The molecule has 0 heterocycles. The molecular formula is C9H9BrFNO2. The number of hydrogen-bond donors (Lipinski definition) is 1. The molecule has 0 spiro atoms. The molecule has 0 saturated heterocycles. The molecule has 0 aromatic heterocycles. The van der Waals surface area contributed by atoms with Crippen LogP contribution in [0.4, 0.5) is 10.1 Å². The number of benzene rings is 1. The van der Waals surface area contributed by atoms with Crippen LogP contribution in [0.5, 0.6) is 0 Å². The van der Waals surface area contributed by atoms with Crippen LogP contribution < -0.4 is 5.73 Å². The van der Waals surface area contributed by atoms with Crippen LogP contribution >= 0.6 is 15.9 Å². The molecule has 0 amide bonds. The summed E-state index contributed by atoms with van der Waals surface area (Å²) in [6.45, 7) is 1.83. The first-order chi connectivity index (χ1) is 6.56. The zero-order valence-electron chi connectivity index (χ0n) is 7.51. The van der Waals surface area contributed by atoms with Crippen LogP contribution in [0.3, 0.4) is 0 Å². The summed E-state index contributed by atoms with van der Waals surface area (Å²) < 4.78 is 18.4. The van der Waals surface area contributed by atoms with Gasteiger partial charge in [-0.25, -0.2) is 9.18 Å². The maximum Gasteiger partial charge on any atom is 0.343 e. The summed E-state index contributed by atoms with van der Waals surface area (Å²) in [4.78, 5) is 11.2. The van der Waals surface area contributed by atoms with E-state index in [0.29, 0.717) is 4.47 Å². The molecule has 1 aromatic carbocycles. The number of nitrogens with two attached hydrogens (primary N) is 1. The Morgan fingerprint density at radius 2 is 2.29 bits per heavy atom. The van der Waals surface area contributed by atoms with Gasteiger partial charge >= 0.3 is 5.97 Å². The molecule has 0 aliphatic heterocycles. The normalized spacial score (nSPS) is 9.93. The smallest absolute Gasteiger partial charge is 0.343 e. The Hall–Kier alpha value is -1.10. The SMILES string of the molecule is CCOC(=O)c1c(N)cc(Br)cc1F. The molecule has 76 valence electrons. The molecule has 2 N–H and O–H groups in total. The van der Waals surface area contributed by atoms with Crippen molar-refractivity contribution < 1.29 is 13.9 Å². The summed E-state index contributed by atoms with van der Waals surface area (Å²) in [5, 5.41) is 0. The minimum atomic E-state index is -0.741. The van der Waals surface area contributed by atoms with Crippen molar-refractivity contribution in [2.24, 2.45) is 0 Å². The second-order valence-corrected chi connectivity index (χ2v) is 3.49. The Morgan fingerprint density at radius 1 is 1.64 bits per heavy atom. The van der Waals surface area contributed by atoms with E-state index in [1.165, 1.54) is 12.1 Å². The lowest BCUT2D eigenvalue weighted by atomic mass is 10.2. The highest BCUT2D eigenvalue weighted by Crippen LogP contribution is 2.22. The van der Waals surface area contributed by atoms with E-state index in [1.807, 2.05) is 0 Å². The van der Waals surface area contributed by atoms with Crippen LogP contribution in [0.1, 0.15) is 17.3 Å². The van der Waals surface area contributed by atoms with Gasteiger partial charge in [0.25, 0.3) is 0 Å². The van der Waals surface area contributed by atoms with Gasteiger partial charge in [-0.1, -0.05) is 15.9 Å². The van der Waals surface area contributed by atoms with Crippen molar-refractivity contribution in [3.63, 3.8) is 0 Å². The van der Waals surface area contributed by atoms with Gasteiger partial charge in [0, 0.05) is 4.47 Å². The topological polar surface area (TPSA) is 52.3 Å². The highest BCUT2D eigenvalue weighted by molar-refractivity contribution is 9.10. The maximum atomic E-state index is 13.3. The minimum absolute atomic E-state index is 0.0651. The van der Waals surface area contributed by atoms with E-state index in [4.69, 9.17) is 5.73 Å². The lowest BCUT2D eigenvalue weighted by Gasteiger charge is -2.06. The fraction of sp³-hybridized carbons (Fsp3) is 0.222. The number of hydrogen-bond acceptors (Lipinski definition) is 3. The first-order valence-electron chi connectivity index (χ1n) is 3.98. The van der Waals surface area contributed by atoms with Gasteiger partial charge in [-0.2, -0.15) is 0 Å². The standard InChI is InChI=1S/C9H9BrFNO2/c1-2-14-9(13)8-6(11)3-5(10)4-7(8)12/h3-4H,2,12H2,1H3. The molecule has 1 aromatic rings. The predicted octanol–water partition coefficient (Wildman–Crippen LogP) is 2.35. The minimum Gasteiger partial charge on any atom is -0.462 e.